The Labute approximate surface area is 173 Å². The Balaban J connectivity index is 1.33. The Morgan fingerprint density at radius 2 is 1.93 bits per heavy atom. The lowest BCUT2D eigenvalue weighted by Gasteiger charge is -2.28. The summed E-state index contributed by atoms with van der Waals surface area (Å²) in [5, 5.41) is 2.98. The molecule has 0 radical (unpaired) electrons. The zero-order chi connectivity index (χ0) is 20.7. The average Bonchev–Trinajstić information content (AvgIpc) is 3.33. The van der Waals surface area contributed by atoms with Gasteiger partial charge in [0, 0.05) is 43.3 Å². The number of carbonyl (C=O) groups excluding carboxylic acids is 1. The molecule has 154 valence electrons. The maximum absolute atomic E-state index is 13.2. The number of benzene rings is 1. The number of hydrogen-bond acceptors (Lipinski definition) is 6. The maximum atomic E-state index is 13.2. The molecule has 5 rings (SSSR count). The van der Waals surface area contributed by atoms with Crippen molar-refractivity contribution in [2.45, 2.75) is 13.5 Å². The summed E-state index contributed by atoms with van der Waals surface area (Å²) in [5.74, 6) is 2.28. The molecule has 30 heavy (non-hydrogen) atoms. The number of amidine groups is 1. The molecule has 8 nitrogen and oxygen atoms in total. The van der Waals surface area contributed by atoms with Gasteiger partial charge in [-0.25, -0.2) is 24.1 Å². The molecule has 3 aliphatic heterocycles. The SMILES string of the molecule is C[C@H]1CN(Cc2ncccn2)C[C@@H]1C1=NC2=CN(c3ccc(F)cc3)CN2C(=O)N1. The molecule has 2 aromatic rings. The normalized spacial score (nSPS) is 23.9. The minimum Gasteiger partial charge on any atom is -0.326 e. The molecule has 3 aliphatic rings. The van der Waals surface area contributed by atoms with Crippen LogP contribution in [0.1, 0.15) is 12.7 Å². The monoisotopic (exact) mass is 407 g/mol. The van der Waals surface area contributed by atoms with Crippen molar-refractivity contribution >= 4 is 17.6 Å². The van der Waals surface area contributed by atoms with Crippen LogP contribution in [0, 0.1) is 17.7 Å². The van der Waals surface area contributed by atoms with Gasteiger partial charge in [0.25, 0.3) is 0 Å². The molecule has 4 heterocycles. The number of carbonyl (C=O) groups is 1. The number of nitrogens with zero attached hydrogens (tertiary/aromatic N) is 6. The van der Waals surface area contributed by atoms with Gasteiger partial charge < -0.3 is 4.90 Å². The predicted octanol–water partition coefficient (Wildman–Crippen LogP) is 2.38. The Kier molecular flexibility index (Phi) is 4.66. The van der Waals surface area contributed by atoms with Crippen molar-refractivity contribution in [3.63, 3.8) is 0 Å². The minimum absolute atomic E-state index is 0.126. The van der Waals surface area contributed by atoms with Crippen molar-refractivity contribution in [1.82, 2.24) is 25.1 Å². The second kappa shape index (κ2) is 7.49. The fourth-order valence-electron chi connectivity index (χ4n) is 4.19. The van der Waals surface area contributed by atoms with Crippen LogP contribution in [0.15, 0.2) is 59.7 Å². The van der Waals surface area contributed by atoms with Gasteiger partial charge in [0.15, 0.2) is 5.82 Å². The lowest BCUT2D eigenvalue weighted by molar-refractivity contribution is 0.216. The molecule has 0 unspecified atom stereocenters. The summed E-state index contributed by atoms with van der Waals surface area (Å²) in [6.07, 6.45) is 5.33. The third-order valence-electron chi connectivity index (χ3n) is 5.74. The minimum atomic E-state index is -0.290. The highest BCUT2D eigenvalue weighted by molar-refractivity contribution is 6.02. The molecular formula is C21H22FN7O. The van der Waals surface area contributed by atoms with E-state index in [1.54, 1.807) is 29.4 Å². The molecule has 0 bridgehead atoms. The van der Waals surface area contributed by atoms with Gasteiger partial charge in [-0.3, -0.25) is 15.1 Å². The van der Waals surface area contributed by atoms with Crippen LogP contribution in [0.2, 0.25) is 0 Å². The van der Waals surface area contributed by atoms with Crippen LogP contribution in [0.4, 0.5) is 14.9 Å². The van der Waals surface area contributed by atoms with E-state index in [-0.39, 0.29) is 17.8 Å². The van der Waals surface area contributed by atoms with E-state index in [0.717, 1.165) is 24.6 Å². The van der Waals surface area contributed by atoms with Crippen molar-refractivity contribution in [2.75, 3.05) is 24.7 Å². The second-order valence-corrected chi connectivity index (χ2v) is 7.87. The van der Waals surface area contributed by atoms with E-state index >= 15 is 0 Å². The quantitative estimate of drug-likeness (QED) is 0.842. The van der Waals surface area contributed by atoms with Gasteiger partial charge >= 0.3 is 6.03 Å². The van der Waals surface area contributed by atoms with Crippen LogP contribution in [0.25, 0.3) is 0 Å². The van der Waals surface area contributed by atoms with Crippen LogP contribution in [-0.2, 0) is 6.54 Å². The molecule has 1 saturated heterocycles. The van der Waals surface area contributed by atoms with Crippen molar-refractivity contribution < 1.29 is 9.18 Å². The van der Waals surface area contributed by atoms with E-state index in [2.05, 4.69) is 27.1 Å². The lowest BCUT2D eigenvalue weighted by Crippen LogP contribution is -2.49. The van der Waals surface area contributed by atoms with Crippen LogP contribution >= 0.6 is 0 Å². The molecule has 1 aromatic carbocycles. The smallest absolute Gasteiger partial charge is 0.326 e. The van der Waals surface area contributed by atoms with E-state index in [4.69, 9.17) is 4.99 Å². The average molecular weight is 407 g/mol. The van der Waals surface area contributed by atoms with Gasteiger partial charge in [0.05, 0.1) is 6.54 Å². The number of nitrogens with one attached hydrogen (secondary N) is 1. The third kappa shape index (κ3) is 3.52. The summed E-state index contributed by atoms with van der Waals surface area (Å²) in [7, 11) is 0. The summed E-state index contributed by atoms with van der Waals surface area (Å²) < 4.78 is 13.2. The largest absolute Gasteiger partial charge is 0.329 e. The second-order valence-electron chi connectivity index (χ2n) is 7.87. The van der Waals surface area contributed by atoms with Gasteiger partial charge in [-0.15, -0.1) is 0 Å². The van der Waals surface area contributed by atoms with Crippen molar-refractivity contribution in [3.05, 3.63) is 66.4 Å². The molecule has 9 heteroatoms. The highest BCUT2D eigenvalue weighted by Crippen LogP contribution is 2.30. The van der Waals surface area contributed by atoms with Crippen LogP contribution in [-0.4, -0.2) is 51.4 Å². The Morgan fingerprint density at radius 1 is 1.17 bits per heavy atom. The molecular weight excluding hydrogens is 385 g/mol. The van der Waals surface area contributed by atoms with E-state index in [1.165, 1.54) is 12.1 Å². The number of likely N-dealkylation sites (tertiary alicyclic amines) is 1. The predicted molar refractivity (Wildman–Crippen MR) is 110 cm³/mol. The highest BCUT2D eigenvalue weighted by atomic mass is 19.1. The van der Waals surface area contributed by atoms with E-state index in [9.17, 15) is 9.18 Å². The van der Waals surface area contributed by atoms with Crippen LogP contribution in [0.3, 0.4) is 0 Å². The van der Waals surface area contributed by atoms with E-state index in [1.807, 2.05) is 17.2 Å². The zero-order valence-electron chi connectivity index (χ0n) is 16.6. The topological polar surface area (TPSA) is 77.0 Å². The first-order chi connectivity index (χ1) is 14.6. The number of fused-ring (bicyclic) bond motifs is 1. The number of aliphatic imine (C=N–C) groups is 1. The first kappa shape index (κ1) is 18.7. The summed E-state index contributed by atoms with van der Waals surface area (Å²) in [5.41, 5.74) is 0.811. The van der Waals surface area contributed by atoms with E-state index < -0.39 is 0 Å². The van der Waals surface area contributed by atoms with Gasteiger partial charge in [-0.2, -0.15) is 0 Å². The van der Waals surface area contributed by atoms with Crippen LogP contribution in [0.5, 0.6) is 0 Å². The Bertz CT molecular complexity index is 1010. The fraction of sp³-hybridized carbons (Fsp3) is 0.333. The molecule has 2 amide bonds. The van der Waals surface area contributed by atoms with Crippen molar-refractivity contribution in [2.24, 2.45) is 16.8 Å². The first-order valence-electron chi connectivity index (χ1n) is 9.96. The third-order valence-corrected chi connectivity index (χ3v) is 5.74. The molecule has 0 spiro atoms. The Hall–Kier alpha value is -3.33. The molecule has 0 aliphatic carbocycles. The molecule has 1 fully saturated rings. The Morgan fingerprint density at radius 3 is 2.70 bits per heavy atom. The molecule has 0 saturated carbocycles. The number of amides is 2. The van der Waals surface area contributed by atoms with Crippen LogP contribution < -0.4 is 10.2 Å². The fourth-order valence-corrected chi connectivity index (χ4v) is 4.19. The number of aromatic nitrogens is 2. The summed E-state index contributed by atoms with van der Waals surface area (Å²) in [6.45, 7) is 4.87. The first-order valence-corrected chi connectivity index (χ1v) is 9.96. The summed E-state index contributed by atoms with van der Waals surface area (Å²) in [6, 6.07) is 7.82. The highest BCUT2D eigenvalue weighted by Gasteiger charge is 2.39. The summed E-state index contributed by atoms with van der Waals surface area (Å²) >= 11 is 0. The zero-order valence-corrected chi connectivity index (χ0v) is 16.6. The van der Waals surface area contributed by atoms with Crippen molar-refractivity contribution in [3.8, 4) is 0 Å². The number of anilines is 1. The number of halogens is 1. The van der Waals surface area contributed by atoms with Gasteiger partial charge in [-0.05, 0) is 36.2 Å². The molecule has 2 atom stereocenters. The van der Waals surface area contributed by atoms with E-state index in [0.29, 0.717) is 30.8 Å². The summed E-state index contributed by atoms with van der Waals surface area (Å²) in [4.78, 5) is 31.9. The number of hydrogen-bond donors (Lipinski definition) is 1. The molecule has 1 aromatic heterocycles. The maximum Gasteiger partial charge on any atom is 0.329 e. The lowest BCUT2D eigenvalue weighted by atomic mass is 9.96. The van der Waals surface area contributed by atoms with Crippen molar-refractivity contribution in [1.29, 1.82) is 0 Å². The van der Waals surface area contributed by atoms with Gasteiger partial charge in [-0.1, -0.05) is 6.92 Å². The number of rotatable bonds is 4. The van der Waals surface area contributed by atoms with Gasteiger partial charge in [0.1, 0.15) is 24.1 Å². The number of urea groups is 1. The van der Waals surface area contributed by atoms with Gasteiger partial charge in [0.2, 0.25) is 0 Å². The molecule has 1 N–H and O–H groups in total. The standard InChI is InChI=1S/C21H22FN7O/c1-14-9-27(11-18-23-7-2-8-24-18)10-17(14)20-25-19-12-28(13-29(19)21(30)26-20)16-5-3-15(22)4-6-16/h2-8,12,14,17H,9-11,13H2,1H3,(H,25,26,30)/t14-,17-/m0/s1.